The van der Waals surface area contributed by atoms with Crippen LogP contribution in [0, 0.1) is 0 Å². The first-order valence-electron chi connectivity index (χ1n) is 5.31. The minimum atomic E-state index is -4.69. The SMILES string of the molecule is Cn1nc(C(F)(F)F)c(Cl)c1NC(=O)c1cccnc1. The molecule has 0 saturated heterocycles. The second kappa shape index (κ2) is 5.12. The summed E-state index contributed by atoms with van der Waals surface area (Å²) in [5.41, 5.74) is -1.05. The van der Waals surface area contributed by atoms with Crippen molar-refractivity contribution >= 4 is 23.3 Å². The topological polar surface area (TPSA) is 59.8 Å². The molecule has 0 aliphatic heterocycles. The van der Waals surface area contributed by atoms with Crippen molar-refractivity contribution in [2.75, 3.05) is 5.32 Å². The number of nitrogens with one attached hydrogen (secondary N) is 1. The van der Waals surface area contributed by atoms with Gasteiger partial charge in [0.2, 0.25) is 0 Å². The molecule has 0 aromatic carbocycles. The Hall–Kier alpha value is -2.09. The lowest BCUT2D eigenvalue weighted by Gasteiger charge is -2.05. The van der Waals surface area contributed by atoms with Gasteiger partial charge in [-0.05, 0) is 12.1 Å². The van der Waals surface area contributed by atoms with Gasteiger partial charge >= 0.3 is 6.18 Å². The summed E-state index contributed by atoms with van der Waals surface area (Å²) in [5.74, 6) is -0.857. The lowest BCUT2D eigenvalue weighted by atomic mass is 10.2. The van der Waals surface area contributed by atoms with Gasteiger partial charge in [-0.3, -0.25) is 14.5 Å². The second-order valence-corrected chi connectivity index (χ2v) is 4.21. The molecule has 2 aromatic rings. The fourth-order valence-electron chi connectivity index (χ4n) is 1.49. The molecule has 0 fully saturated rings. The van der Waals surface area contributed by atoms with Gasteiger partial charge in [0.05, 0.1) is 5.56 Å². The fraction of sp³-hybridized carbons (Fsp3) is 0.182. The molecule has 0 unspecified atom stereocenters. The summed E-state index contributed by atoms with van der Waals surface area (Å²) in [6.07, 6.45) is -1.94. The van der Waals surface area contributed by atoms with E-state index >= 15 is 0 Å². The van der Waals surface area contributed by atoms with Crippen molar-refractivity contribution in [2.45, 2.75) is 6.18 Å². The number of amides is 1. The molecular weight excluding hydrogens is 297 g/mol. The van der Waals surface area contributed by atoms with Gasteiger partial charge in [-0.2, -0.15) is 18.3 Å². The Labute approximate surface area is 116 Å². The molecule has 0 saturated carbocycles. The Morgan fingerprint density at radius 2 is 2.15 bits per heavy atom. The number of hydrogen-bond acceptors (Lipinski definition) is 3. The maximum absolute atomic E-state index is 12.6. The van der Waals surface area contributed by atoms with Crippen LogP contribution in [0.15, 0.2) is 24.5 Å². The minimum Gasteiger partial charge on any atom is -0.305 e. The molecule has 0 bridgehead atoms. The maximum Gasteiger partial charge on any atom is 0.436 e. The highest BCUT2D eigenvalue weighted by molar-refractivity contribution is 6.34. The van der Waals surface area contributed by atoms with Crippen LogP contribution < -0.4 is 5.32 Å². The van der Waals surface area contributed by atoms with Crippen LogP contribution in [0.4, 0.5) is 19.0 Å². The van der Waals surface area contributed by atoms with Crippen LogP contribution >= 0.6 is 11.6 Å². The van der Waals surface area contributed by atoms with Crippen molar-refractivity contribution in [2.24, 2.45) is 7.05 Å². The van der Waals surface area contributed by atoms with Crippen LogP contribution in [-0.2, 0) is 13.2 Å². The monoisotopic (exact) mass is 304 g/mol. The van der Waals surface area contributed by atoms with E-state index in [0.717, 1.165) is 4.68 Å². The van der Waals surface area contributed by atoms with Gasteiger partial charge < -0.3 is 5.32 Å². The Balaban J connectivity index is 2.31. The molecule has 0 aliphatic carbocycles. The summed E-state index contributed by atoms with van der Waals surface area (Å²) in [5, 5.41) is 4.88. The summed E-state index contributed by atoms with van der Waals surface area (Å²) in [6, 6.07) is 3.00. The average molecular weight is 305 g/mol. The molecule has 0 spiro atoms. The van der Waals surface area contributed by atoms with E-state index in [1.165, 1.54) is 31.6 Å². The van der Waals surface area contributed by atoms with Crippen LogP contribution in [0.5, 0.6) is 0 Å². The van der Waals surface area contributed by atoms with Crippen LogP contribution in [0.2, 0.25) is 5.02 Å². The Kier molecular flexibility index (Phi) is 3.67. The summed E-state index contributed by atoms with van der Waals surface area (Å²) in [6.45, 7) is 0. The van der Waals surface area contributed by atoms with Gasteiger partial charge in [0, 0.05) is 19.4 Å². The molecule has 2 rings (SSSR count). The predicted octanol–water partition coefficient (Wildman–Crippen LogP) is 2.74. The Morgan fingerprint density at radius 3 is 2.65 bits per heavy atom. The van der Waals surface area contributed by atoms with E-state index in [9.17, 15) is 18.0 Å². The zero-order valence-corrected chi connectivity index (χ0v) is 10.8. The average Bonchev–Trinajstić information content (AvgIpc) is 2.67. The fourth-order valence-corrected chi connectivity index (χ4v) is 1.81. The van der Waals surface area contributed by atoms with E-state index in [-0.39, 0.29) is 11.4 Å². The Bertz CT molecular complexity index is 639. The van der Waals surface area contributed by atoms with Crippen LogP contribution in [0.1, 0.15) is 16.1 Å². The molecule has 0 atom stereocenters. The summed E-state index contributed by atoms with van der Waals surface area (Å²) in [4.78, 5) is 15.6. The first-order chi connectivity index (χ1) is 9.30. The predicted molar refractivity (Wildman–Crippen MR) is 65.4 cm³/mol. The number of carbonyl (C=O) groups is 1. The van der Waals surface area contributed by atoms with Gasteiger partial charge in [0.15, 0.2) is 11.5 Å². The van der Waals surface area contributed by atoms with E-state index in [4.69, 9.17) is 11.6 Å². The molecule has 2 aromatic heterocycles. The second-order valence-electron chi connectivity index (χ2n) is 3.83. The van der Waals surface area contributed by atoms with E-state index in [0.29, 0.717) is 0 Å². The first-order valence-corrected chi connectivity index (χ1v) is 5.69. The summed E-state index contributed by atoms with van der Waals surface area (Å²) < 4.78 is 38.7. The number of pyridine rings is 1. The van der Waals surface area contributed by atoms with Crippen molar-refractivity contribution in [3.63, 3.8) is 0 Å². The van der Waals surface area contributed by atoms with Crippen LogP contribution in [0.3, 0.4) is 0 Å². The number of alkyl halides is 3. The molecule has 0 radical (unpaired) electrons. The number of aromatic nitrogens is 3. The number of halogens is 4. The molecule has 20 heavy (non-hydrogen) atoms. The smallest absolute Gasteiger partial charge is 0.305 e. The van der Waals surface area contributed by atoms with Crippen molar-refractivity contribution < 1.29 is 18.0 Å². The largest absolute Gasteiger partial charge is 0.436 e. The third-order valence-corrected chi connectivity index (χ3v) is 2.77. The Morgan fingerprint density at radius 1 is 1.45 bits per heavy atom. The van der Waals surface area contributed by atoms with Crippen molar-refractivity contribution in [3.05, 3.63) is 40.8 Å². The van der Waals surface area contributed by atoms with Crippen LogP contribution in [0.25, 0.3) is 0 Å². The molecule has 0 aliphatic rings. The number of nitrogens with zero attached hydrogens (tertiary/aromatic N) is 3. The van der Waals surface area contributed by atoms with Gasteiger partial charge in [0.1, 0.15) is 5.02 Å². The van der Waals surface area contributed by atoms with E-state index < -0.39 is 22.8 Å². The van der Waals surface area contributed by atoms with Gasteiger partial charge in [0.25, 0.3) is 5.91 Å². The van der Waals surface area contributed by atoms with Gasteiger partial charge in [-0.1, -0.05) is 11.6 Å². The number of aryl methyl sites for hydroxylation is 1. The molecule has 5 nitrogen and oxygen atoms in total. The van der Waals surface area contributed by atoms with E-state index in [1.54, 1.807) is 0 Å². The lowest BCUT2D eigenvalue weighted by molar-refractivity contribution is -0.141. The van der Waals surface area contributed by atoms with E-state index in [2.05, 4.69) is 15.4 Å². The number of anilines is 1. The van der Waals surface area contributed by atoms with Gasteiger partial charge in [-0.25, -0.2) is 0 Å². The standard InChI is InChI=1S/C11H8ClF3N4O/c1-19-9(7(12)8(18-19)11(13,14)15)17-10(20)6-3-2-4-16-5-6/h2-5H,1H3,(H,17,20). The van der Waals surface area contributed by atoms with Crippen molar-refractivity contribution in [3.8, 4) is 0 Å². The highest BCUT2D eigenvalue weighted by Crippen LogP contribution is 2.37. The third kappa shape index (κ3) is 2.74. The number of carbonyl (C=O) groups excluding carboxylic acids is 1. The molecule has 9 heteroatoms. The lowest BCUT2D eigenvalue weighted by Crippen LogP contribution is -2.14. The summed E-state index contributed by atoms with van der Waals surface area (Å²) >= 11 is 5.61. The van der Waals surface area contributed by atoms with E-state index in [1.807, 2.05) is 0 Å². The van der Waals surface area contributed by atoms with Crippen LogP contribution in [-0.4, -0.2) is 20.7 Å². The first kappa shape index (κ1) is 14.3. The van der Waals surface area contributed by atoms with Gasteiger partial charge in [-0.15, -0.1) is 0 Å². The highest BCUT2D eigenvalue weighted by atomic mass is 35.5. The molecule has 1 amide bonds. The molecule has 2 heterocycles. The maximum atomic E-state index is 12.6. The zero-order chi connectivity index (χ0) is 14.9. The molecular formula is C11H8ClF3N4O. The van der Waals surface area contributed by atoms with Crippen molar-refractivity contribution in [1.82, 2.24) is 14.8 Å². The normalized spacial score (nSPS) is 11.4. The molecule has 1 N–H and O–H groups in total. The number of hydrogen-bond donors (Lipinski definition) is 1. The zero-order valence-electron chi connectivity index (χ0n) is 10.1. The molecule has 106 valence electrons. The third-order valence-electron chi connectivity index (χ3n) is 2.41. The summed E-state index contributed by atoms with van der Waals surface area (Å²) in [7, 11) is 1.25. The number of rotatable bonds is 2. The quantitative estimate of drug-likeness (QED) is 0.928. The van der Waals surface area contributed by atoms with Crippen molar-refractivity contribution in [1.29, 1.82) is 0 Å². The highest BCUT2D eigenvalue weighted by Gasteiger charge is 2.38. The minimum absolute atomic E-state index is 0.193.